The van der Waals surface area contributed by atoms with Gasteiger partial charge in [-0.05, 0) is 35.9 Å². The lowest BCUT2D eigenvalue weighted by molar-refractivity contribution is 0.0950. The molecule has 1 aliphatic rings. The highest BCUT2D eigenvalue weighted by Crippen LogP contribution is 2.56. The first-order chi connectivity index (χ1) is 12.9. The lowest BCUT2D eigenvalue weighted by Gasteiger charge is -2.25. The zero-order valence-corrected chi connectivity index (χ0v) is 16.0. The van der Waals surface area contributed by atoms with Crippen molar-refractivity contribution in [2.45, 2.75) is 11.4 Å². The Hall–Kier alpha value is -2.68. The lowest BCUT2D eigenvalue weighted by Crippen LogP contribution is -2.23. The van der Waals surface area contributed by atoms with Crippen molar-refractivity contribution in [3.8, 4) is 17.2 Å². The first-order valence-corrected chi connectivity index (χ1v) is 9.68. The van der Waals surface area contributed by atoms with Crippen LogP contribution in [-0.4, -0.2) is 36.3 Å². The van der Waals surface area contributed by atoms with E-state index in [2.05, 4.69) is 5.32 Å². The van der Waals surface area contributed by atoms with Crippen LogP contribution < -0.4 is 19.5 Å². The van der Waals surface area contributed by atoms with Crippen LogP contribution in [0.3, 0.4) is 0 Å². The van der Waals surface area contributed by atoms with E-state index in [0.29, 0.717) is 33.3 Å². The van der Waals surface area contributed by atoms with Crippen LogP contribution >= 0.6 is 10.6 Å². The number of benzene rings is 2. The second-order valence-corrected chi connectivity index (χ2v) is 7.73. The van der Waals surface area contributed by atoms with Crippen LogP contribution in [0.1, 0.15) is 21.5 Å². The number of fused-ring (bicyclic) bond motifs is 1. The number of rotatable bonds is 6. The molecule has 1 aliphatic heterocycles. The summed E-state index contributed by atoms with van der Waals surface area (Å²) in [6.07, 6.45) is 1.57. The monoisotopic (exact) mass is 391 g/mol. The van der Waals surface area contributed by atoms with Crippen LogP contribution in [-0.2, 0) is 6.54 Å². The average molecular weight is 391 g/mol. The van der Waals surface area contributed by atoms with Crippen molar-refractivity contribution < 1.29 is 28.1 Å². The van der Waals surface area contributed by atoms with Gasteiger partial charge in [0, 0.05) is 23.1 Å². The van der Waals surface area contributed by atoms with Crippen molar-refractivity contribution in [1.29, 1.82) is 0 Å². The molecular formula is C19H21NO6S. The second-order valence-electron chi connectivity index (χ2n) is 5.83. The molecule has 0 radical (unpaired) electrons. The van der Waals surface area contributed by atoms with Crippen molar-refractivity contribution in [2.24, 2.45) is 0 Å². The number of nitrogens with one attached hydrogen (secondary N) is 1. The Morgan fingerprint density at radius 3 is 2.33 bits per heavy atom. The summed E-state index contributed by atoms with van der Waals surface area (Å²) in [6.45, 7) is 0.235. The van der Waals surface area contributed by atoms with Gasteiger partial charge in [0.05, 0.1) is 26.2 Å². The summed E-state index contributed by atoms with van der Waals surface area (Å²) in [6, 6.07) is 8.41. The molecule has 0 saturated carbocycles. The second kappa shape index (κ2) is 7.51. The molecule has 7 nitrogen and oxygen atoms in total. The van der Waals surface area contributed by atoms with Gasteiger partial charge >= 0.3 is 0 Å². The van der Waals surface area contributed by atoms with Gasteiger partial charge in [0.2, 0.25) is 5.75 Å². The molecule has 0 spiro atoms. The SMILES string of the molecule is COc1cc(CNC(=O)c2cccc3c2C=CS3(O)O)cc(OC)c1OC. The third kappa shape index (κ3) is 3.59. The number of carbonyl (C=O) groups excluding carboxylic acids is 1. The van der Waals surface area contributed by atoms with Crippen LogP contribution in [0.2, 0.25) is 0 Å². The van der Waals surface area contributed by atoms with Gasteiger partial charge < -0.3 is 19.5 Å². The van der Waals surface area contributed by atoms with Gasteiger partial charge in [0.25, 0.3) is 5.91 Å². The molecule has 0 saturated heterocycles. The number of ether oxygens (including phenoxy) is 3. The maximum Gasteiger partial charge on any atom is 0.252 e. The predicted molar refractivity (Wildman–Crippen MR) is 104 cm³/mol. The Bertz CT molecular complexity index is 884. The van der Waals surface area contributed by atoms with E-state index < -0.39 is 10.6 Å². The molecule has 2 aromatic rings. The van der Waals surface area contributed by atoms with E-state index >= 15 is 0 Å². The Kier molecular flexibility index (Phi) is 5.31. The van der Waals surface area contributed by atoms with Crippen molar-refractivity contribution in [3.05, 3.63) is 52.4 Å². The third-order valence-corrected chi connectivity index (χ3v) is 5.76. The summed E-state index contributed by atoms with van der Waals surface area (Å²) in [5, 5.41) is 4.16. The predicted octanol–water partition coefficient (Wildman–Crippen LogP) is 3.74. The quantitative estimate of drug-likeness (QED) is 0.694. The van der Waals surface area contributed by atoms with Gasteiger partial charge in [-0.15, -0.1) is 10.6 Å². The molecular weight excluding hydrogens is 370 g/mol. The minimum atomic E-state index is -2.96. The molecule has 0 unspecified atom stereocenters. The Balaban J connectivity index is 1.82. The Morgan fingerprint density at radius 2 is 1.74 bits per heavy atom. The van der Waals surface area contributed by atoms with Crippen molar-refractivity contribution >= 4 is 22.6 Å². The number of carbonyl (C=O) groups is 1. The fraction of sp³-hybridized carbons (Fsp3) is 0.211. The minimum absolute atomic E-state index is 0.235. The molecule has 1 heterocycles. The van der Waals surface area contributed by atoms with Gasteiger partial charge in [0.1, 0.15) is 0 Å². The topological polar surface area (TPSA) is 97.3 Å². The highest BCUT2D eigenvalue weighted by Gasteiger charge is 2.25. The number of hydrogen-bond acceptors (Lipinski definition) is 6. The highest BCUT2D eigenvalue weighted by molar-refractivity contribution is 8.27. The van der Waals surface area contributed by atoms with Gasteiger partial charge in [-0.2, -0.15) is 0 Å². The summed E-state index contributed by atoms with van der Waals surface area (Å²) < 4.78 is 35.9. The van der Waals surface area contributed by atoms with Gasteiger partial charge in [-0.25, -0.2) is 0 Å². The van der Waals surface area contributed by atoms with E-state index in [1.165, 1.54) is 26.7 Å². The molecule has 0 aromatic heterocycles. The van der Waals surface area contributed by atoms with E-state index in [9.17, 15) is 13.9 Å². The lowest BCUT2D eigenvalue weighted by atomic mass is 10.1. The van der Waals surface area contributed by atoms with Gasteiger partial charge in [-0.3, -0.25) is 13.9 Å². The summed E-state index contributed by atoms with van der Waals surface area (Å²) in [5.41, 5.74) is 1.68. The van der Waals surface area contributed by atoms with Crippen molar-refractivity contribution in [3.63, 3.8) is 0 Å². The molecule has 0 aliphatic carbocycles. The molecule has 27 heavy (non-hydrogen) atoms. The first kappa shape index (κ1) is 19.1. The molecule has 144 valence electrons. The molecule has 2 aromatic carbocycles. The van der Waals surface area contributed by atoms with E-state index in [-0.39, 0.29) is 12.5 Å². The zero-order valence-electron chi connectivity index (χ0n) is 15.2. The summed E-state index contributed by atoms with van der Waals surface area (Å²) >= 11 is 0. The van der Waals surface area contributed by atoms with Gasteiger partial charge in [0.15, 0.2) is 11.5 Å². The smallest absolute Gasteiger partial charge is 0.252 e. The number of hydrogen-bond donors (Lipinski definition) is 3. The maximum atomic E-state index is 12.6. The summed E-state index contributed by atoms with van der Waals surface area (Å²) in [4.78, 5) is 13.0. The fourth-order valence-corrected chi connectivity index (χ4v) is 4.18. The molecule has 8 heteroatoms. The average Bonchev–Trinajstić information content (AvgIpc) is 3.00. The standard InChI is InChI=1S/C19H21NO6S/c1-24-15-9-12(10-16(25-2)18(15)26-3)11-20-19(21)14-5-4-6-17-13(14)7-8-27(17,22)23/h4-10,22-23H,11H2,1-3H3,(H,20,21). The fourth-order valence-electron chi connectivity index (χ4n) is 2.93. The summed E-state index contributed by atoms with van der Waals surface area (Å²) in [7, 11) is 1.61. The van der Waals surface area contributed by atoms with Crippen LogP contribution in [0.5, 0.6) is 17.2 Å². The minimum Gasteiger partial charge on any atom is -0.493 e. The van der Waals surface area contributed by atoms with E-state index in [4.69, 9.17) is 14.2 Å². The van der Waals surface area contributed by atoms with Crippen LogP contribution in [0, 0.1) is 0 Å². The normalized spacial score (nSPS) is 15.0. The van der Waals surface area contributed by atoms with Crippen LogP contribution in [0.4, 0.5) is 0 Å². The van der Waals surface area contributed by atoms with Crippen LogP contribution in [0.15, 0.2) is 40.6 Å². The first-order valence-electron chi connectivity index (χ1n) is 8.07. The van der Waals surface area contributed by atoms with E-state index in [1.807, 2.05) is 0 Å². The molecule has 0 bridgehead atoms. The highest BCUT2D eigenvalue weighted by atomic mass is 32.3. The van der Waals surface area contributed by atoms with E-state index in [1.54, 1.807) is 36.4 Å². The number of methoxy groups -OCH3 is 3. The molecule has 3 rings (SSSR count). The van der Waals surface area contributed by atoms with Gasteiger partial charge in [-0.1, -0.05) is 6.07 Å². The molecule has 3 N–H and O–H groups in total. The summed E-state index contributed by atoms with van der Waals surface area (Å²) in [5.74, 6) is 1.16. The van der Waals surface area contributed by atoms with Crippen molar-refractivity contribution in [2.75, 3.05) is 21.3 Å². The third-order valence-electron chi connectivity index (χ3n) is 4.24. The number of amides is 1. The molecule has 0 atom stereocenters. The largest absolute Gasteiger partial charge is 0.493 e. The zero-order chi connectivity index (χ0) is 19.6. The molecule has 1 amide bonds. The van der Waals surface area contributed by atoms with Crippen molar-refractivity contribution in [1.82, 2.24) is 5.32 Å². The Labute approximate surface area is 158 Å². The Morgan fingerprint density at radius 1 is 1.07 bits per heavy atom. The van der Waals surface area contributed by atoms with Crippen LogP contribution in [0.25, 0.3) is 6.08 Å². The van der Waals surface area contributed by atoms with E-state index in [0.717, 1.165) is 5.56 Å². The maximum absolute atomic E-state index is 12.6. The molecule has 0 fully saturated rings.